The van der Waals surface area contributed by atoms with Crippen molar-refractivity contribution >= 4 is 197 Å². The lowest BCUT2D eigenvalue weighted by atomic mass is 9.98. The number of nitrogens with two attached hydrogens (primary N) is 2. The Morgan fingerprint density at radius 1 is 0.462 bits per heavy atom. The van der Waals surface area contributed by atoms with E-state index in [4.69, 9.17) is 67.2 Å². The number of rotatable bonds is 49. The van der Waals surface area contributed by atoms with Crippen molar-refractivity contribution in [3.05, 3.63) is 84.0 Å². The van der Waals surface area contributed by atoms with Gasteiger partial charge in [-0.2, -0.15) is 0 Å². The summed E-state index contributed by atoms with van der Waals surface area (Å²) in [6.07, 6.45) is 9.58. The van der Waals surface area contributed by atoms with Gasteiger partial charge >= 0.3 is 23.9 Å². The molecule has 2 atom stereocenters. The van der Waals surface area contributed by atoms with Gasteiger partial charge in [0.15, 0.2) is 0 Å². The van der Waals surface area contributed by atoms with Crippen molar-refractivity contribution in [2.75, 3.05) is 131 Å². The third kappa shape index (κ3) is 59.5. The van der Waals surface area contributed by atoms with Gasteiger partial charge in [-0.1, -0.05) is 79.1 Å². The van der Waals surface area contributed by atoms with Gasteiger partial charge < -0.3 is 70.6 Å². The van der Waals surface area contributed by atoms with Crippen LogP contribution in [0.4, 0.5) is 0 Å². The largest absolute Gasteiger partial charge is 0.465 e. The van der Waals surface area contributed by atoms with E-state index in [0.717, 1.165) is 30.3 Å². The molecule has 5 rings (SSSR count). The van der Waals surface area contributed by atoms with Crippen molar-refractivity contribution in [3.8, 4) is 11.1 Å². The number of imide groups is 2. The molecule has 32 nitrogen and oxygen atoms in total. The predicted octanol–water partition coefficient (Wildman–Crippen LogP) is 7.04. The summed E-state index contributed by atoms with van der Waals surface area (Å²) in [4.78, 5) is 163. The summed E-state index contributed by atoms with van der Waals surface area (Å²) in [5, 5.41) is 16.5. The number of amides is 8. The number of hydrogen-bond acceptors (Lipinski definition) is 32. The second kappa shape index (κ2) is 69.5. The summed E-state index contributed by atoms with van der Waals surface area (Å²) in [5.41, 5.74) is 13.3. The molecule has 0 saturated heterocycles. The van der Waals surface area contributed by atoms with E-state index in [0.29, 0.717) is 85.3 Å². The molecule has 2 unspecified atom stereocenters. The Kier molecular flexibility index (Phi) is 67.2. The summed E-state index contributed by atoms with van der Waals surface area (Å²) in [6, 6.07) is 15.8. The molecule has 0 saturated carbocycles. The number of carbonyl (C=O) groups is 14. The Morgan fingerprint density at radius 2 is 0.815 bits per heavy atom. The third-order valence-corrected chi connectivity index (χ3v) is 21.0. The van der Waals surface area contributed by atoms with E-state index < -0.39 is 41.2 Å². The van der Waals surface area contributed by atoms with E-state index in [1.54, 1.807) is 20.8 Å². The summed E-state index contributed by atoms with van der Waals surface area (Å²) in [6.45, 7) is 21.4. The van der Waals surface area contributed by atoms with E-state index >= 15 is 0 Å². The SMILES string of the molecule is CC(C)(C)OC(=O)CNC(CCCCNC(=O)COCCOCCNC(=O)CCN1C(=O)C=CC1=O)C(=O)P=S.CC(C)(C)OC(=O)CP=S.CC(C)(C)OC(=O)CP=S.CCC(=O)OCC1c2ccccc2-c2ccccc21.CN.NCNC(CCCCNC(=O)COCCOCCNC(=O)CCN1C(=O)C=CC1=O)C(=O)P=S.S=PP=S. The first-order valence-electron chi connectivity index (χ1n) is 37.6. The maximum absolute atomic E-state index is 12.1. The first kappa shape index (κ1) is 115. The van der Waals surface area contributed by atoms with Crippen LogP contribution in [0.5, 0.6) is 0 Å². The molecule has 0 aromatic heterocycles. The Balaban J connectivity index is 0. The Morgan fingerprint density at radius 3 is 1.16 bits per heavy atom. The average Bonchev–Trinajstić information content (AvgIpc) is 1.62. The minimum absolute atomic E-state index is 0.00923. The molecule has 2 aromatic carbocycles. The average molecular weight is 1890 g/mol. The minimum atomic E-state index is -0.607. The van der Waals surface area contributed by atoms with Gasteiger partial charge in [-0.05, 0) is 192 Å². The monoisotopic (exact) mass is 1880 g/mol. The summed E-state index contributed by atoms with van der Waals surface area (Å²) in [7, 11) is 5.01. The number of ether oxygens (including phenoxy) is 8. The highest BCUT2D eigenvalue weighted by Crippen LogP contribution is 2.44. The van der Waals surface area contributed by atoms with E-state index in [1.807, 2.05) is 60.6 Å². The molecular weight excluding hydrogens is 1770 g/mol. The normalized spacial score (nSPS) is 13.0. The second-order valence-electron chi connectivity index (χ2n) is 27.6. The maximum atomic E-state index is 12.1. The first-order chi connectivity index (χ1) is 56.4. The molecule has 662 valence electrons. The van der Waals surface area contributed by atoms with E-state index in [2.05, 4.69) is 121 Å². The molecule has 119 heavy (non-hydrogen) atoms. The molecule has 10 N–H and O–H groups in total. The number of carbonyl (C=O) groups excluding carboxylic acids is 14. The smallest absolute Gasteiger partial charge is 0.320 e. The van der Waals surface area contributed by atoms with Crippen molar-refractivity contribution in [3.63, 3.8) is 0 Å². The van der Waals surface area contributed by atoms with E-state index in [-0.39, 0.29) is 196 Å². The number of hydrogen-bond donors (Lipinski definition) is 8. The highest BCUT2D eigenvalue weighted by Gasteiger charge is 2.30. The Bertz CT molecular complexity index is 3550. The van der Waals surface area contributed by atoms with Crippen molar-refractivity contribution in [1.82, 2.24) is 41.7 Å². The van der Waals surface area contributed by atoms with E-state index in [1.165, 1.54) is 53.6 Å². The fourth-order valence-electron chi connectivity index (χ4n) is 9.76. The third-order valence-electron chi connectivity index (χ3n) is 14.7. The molecule has 44 heteroatoms. The number of benzene rings is 2. The van der Waals surface area contributed by atoms with Crippen LogP contribution in [-0.4, -0.2) is 252 Å². The molecule has 2 aliphatic heterocycles. The van der Waals surface area contributed by atoms with Gasteiger partial charge in [0.05, 0.1) is 85.3 Å². The number of esters is 4. The molecule has 0 bridgehead atoms. The topological polar surface area (TPSA) is 444 Å². The van der Waals surface area contributed by atoms with Crippen LogP contribution in [0.2, 0.25) is 0 Å². The second-order valence-corrected chi connectivity index (χ2v) is 36.8. The van der Waals surface area contributed by atoms with Crippen LogP contribution in [0, 0.1) is 0 Å². The molecule has 2 heterocycles. The minimum Gasteiger partial charge on any atom is -0.465 e. The summed E-state index contributed by atoms with van der Waals surface area (Å²) < 4.78 is 41.6. The van der Waals surface area contributed by atoms with Gasteiger partial charge in [0.1, 0.15) is 36.6 Å². The number of nitrogens with one attached hydrogen (secondary N) is 6. The first-order valence-corrected chi connectivity index (χ1v) is 50.1. The van der Waals surface area contributed by atoms with Crippen LogP contribution >= 0.6 is 43.5 Å². The number of fused-ring (bicyclic) bond motifs is 3. The fourth-order valence-corrected chi connectivity index (χ4v) is 12.2. The van der Waals surface area contributed by atoms with Crippen molar-refractivity contribution in [2.45, 2.75) is 162 Å². The molecule has 1 aliphatic carbocycles. The molecule has 3 aliphatic rings. The maximum Gasteiger partial charge on any atom is 0.320 e. The zero-order valence-electron chi connectivity index (χ0n) is 69.1. The lowest BCUT2D eigenvalue weighted by Crippen LogP contribution is -2.40. The molecule has 0 fully saturated rings. The van der Waals surface area contributed by atoms with Crippen molar-refractivity contribution in [1.29, 1.82) is 0 Å². The van der Waals surface area contributed by atoms with Gasteiger partial charge in [0.2, 0.25) is 34.7 Å². The van der Waals surface area contributed by atoms with Crippen LogP contribution in [0.25, 0.3) is 11.1 Å². The van der Waals surface area contributed by atoms with Gasteiger partial charge in [-0.15, -0.1) is 0 Å². The van der Waals surface area contributed by atoms with Crippen LogP contribution in [-0.2, 0) is 176 Å². The summed E-state index contributed by atoms with van der Waals surface area (Å²) >= 11 is 27.6. The standard InChI is InChI=1S/C25H39N4O9PS.C20H32N5O7PS.C17H16O2.2C6H11O2PS.CH5N.P2S2/c1-25(2,3)38-23(34)16-28-18(24(35)39-40)6-4-5-10-26-20(31)17-37-15-14-36-13-11-27-19(30)9-12-29-21(32)7-8-22(29)33;21-14-24-15(20(30)33-34)3-1-2-7-22-17(27)13-32-12-11-31-10-8-23-16(26)6-9-25-18(28)4-5-19(25)29;1-2-17(18)19-11-16-14-9-5-3-7-12(14)13-8-4-6-10-15(13)16;2*1-6(2,3)8-5(7)4-9-10;1-2;3-1-2-4/h7-8,18,28H,4-6,9-17H2,1-3H3,(H,26,31)(H,27,30);4-5,15,24H,1-3,6-14,21H2,(H,22,27)(H,23,26);3-10,16H,2,11H2,1H3;2*4H2,1-3H3;2H2,1H3;. The molecule has 0 radical (unpaired) electrons. The van der Waals surface area contributed by atoms with E-state index in [9.17, 15) is 67.1 Å². The van der Waals surface area contributed by atoms with Gasteiger partial charge in [0, 0.05) is 110 Å². The highest BCUT2D eigenvalue weighted by atomic mass is 32.7. The number of unbranched alkanes of at least 4 members (excludes halogenated alkanes) is 2. The zero-order chi connectivity index (χ0) is 90.2. The number of nitrogens with zero attached hydrogens (tertiary/aromatic N) is 2. The van der Waals surface area contributed by atoms with Crippen LogP contribution < -0.4 is 43.4 Å². The van der Waals surface area contributed by atoms with Gasteiger partial charge in [-0.25, -0.2) is 0 Å². The lowest BCUT2D eigenvalue weighted by Gasteiger charge is -2.21. The molecule has 8 amide bonds. The van der Waals surface area contributed by atoms with Crippen molar-refractivity contribution < 1.29 is 105 Å². The quantitative estimate of drug-likeness (QED) is 0.00822. The Labute approximate surface area is 737 Å². The molecular formula is C75H114N10O22P6S6. The van der Waals surface area contributed by atoms with Gasteiger partial charge in [0.25, 0.3) is 23.6 Å². The van der Waals surface area contributed by atoms with Crippen LogP contribution in [0.1, 0.15) is 144 Å². The fraction of sp³-hybridized carbons (Fsp3) is 0.600. The molecule has 2 aromatic rings. The van der Waals surface area contributed by atoms with Crippen molar-refractivity contribution in [2.24, 2.45) is 11.5 Å². The lowest BCUT2D eigenvalue weighted by molar-refractivity contribution is -0.154. The summed E-state index contributed by atoms with van der Waals surface area (Å²) in [5.74, 6) is -3.65. The predicted molar refractivity (Wildman–Crippen MR) is 480 cm³/mol. The van der Waals surface area contributed by atoms with Crippen LogP contribution in [0.3, 0.4) is 0 Å². The Hall–Kier alpha value is -5.90. The molecule has 0 spiro atoms. The highest BCUT2D eigenvalue weighted by molar-refractivity contribution is 8.40. The van der Waals surface area contributed by atoms with Gasteiger partial charge in [-0.3, -0.25) is 87.6 Å². The van der Waals surface area contributed by atoms with Crippen LogP contribution in [0.15, 0.2) is 72.8 Å². The zero-order valence-corrected chi connectivity index (χ0v) is 79.4.